The average molecular weight is 229 g/mol. The Bertz CT molecular complexity index is 552. The standard InChI is InChI=1S/C13H10O4/c14-11(13(16)17)6-5-9-7-8-3-1-2-4-10(8)12(9)15/h1-6,15H,7H2,(H,16,17)/p-1. The van der Waals surface area contributed by atoms with Crippen LogP contribution in [0.3, 0.4) is 0 Å². The van der Waals surface area contributed by atoms with Gasteiger partial charge < -0.3 is 10.2 Å². The largest absolute Gasteiger partial charge is 0.872 e. The van der Waals surface area contributed by atoms with Crippen molar-refractivity contribution < 1.29 is 19.8 Å². The Kier molecular flexibility index (Phi) is 2.78. The summed E-state index contributed by atoms with van der Waals surface area (Å²) in [5, 5.41) is 20.2. The van der Waals surface area contributed by atoms with E-state index in [1.54, 1.807) is 12.1 Å². The molecular formula is C13H9O4-. The first kappa shape index (κ1) is 11.1. The van der Waals surface area contributed by atoms with Crippen LogP contribution in [0.1, 0.15) is 11.1 Å². The van der Waals surface area contributed by atoms with Gasteiger partial charge >= 0.3 is 5.97 Å². The third kappa shape index (κ3) is 2.10. The first-order valence-corrected chi connectivity index (χ1v) is 5.03. The normalized spacial score (nSPS) is 14.1. The van der Waals surface area contributed by atoms with Crippen LogP contribution >= 0.6 is 0 Å². The predicted octanol–water partition coefficient (Wildman–Crippen LogP) is 0.524. The Labute approximate surface area is 97.5 Å². The molecule has 4 nitrogen and oxygen atoms in total. The molecule has 1 aromatic rings. The maximum atomic E-state index is 11.8. The number of carboxylic acids is 1. The number of ketones is 1. The van der Waals surface area contributed by atoms with Crippen LogP contribution in [0.15, 0.2) is 42.0 Å². The number of hydrogen-bond acceptors (Lipinski definition) is 3. The van der Waals surface area contributed by atoms with Crippen molar-refractivity contribution in [2.24, 2.45) is 0 Å². The topological polar surface area (TPSA) is 77.4 Å². The number of fused-ring (bicyclic) bond motifs is 1. The molecule has 0 saturated heterocycles. The van der Waals surface area contributed by atoms with E-state index < -0.39 is 11.8 Å². The van der Waals surface area contributed by atoms with Crippen molar-refractivity contribution in [3.05, 3.63) is 53.1 Å². The molecule has 17 heavy (non-hydrogen) atoms. The second kappa shape index (κ2) is 4.25. The van der Waals surface area contributed by atoms with Gasteiger partial charge in [-0.3, -0.25) is 4.79 Å². The van der Waals surface area contributed by atoms with Crippen LogP contribution in [-0.4, -0.2) is 16.9 Å². The third-order valence-electron chi connectivity index (χ3n) is 2.58. The molecule has 0 amide bonds. The number of aliphatic carboxylic acids is 1. The molecule has 1 N–H and O–H groups in total. The Hall–Kier alpha value is -2.36. The van der Waals surface area contributed by atoms with Gasteiger partial charge in [-0.2, -0.15) is 0 Å². The van der Waals surface area contributed by atoms with E-state index in [9.17, 15) is 14.7 Å². The van der Waals surface area contributed by atoms with E-state index in [2.05, 4.69) is 0 Å². The molecule has 0 fully saturated rings. The molecule has 86 valence electrons. The zero-order valence-corrected chi connectivity index (χ0v) is 8.84. The van der Waals surface area contributed by atoms with Crippen LogP contribution < -0.4 is 5.11 Å². The lowest BCUT2D eigenvalue weighted by Crippen LogP contribution is -2.08. The lowest BCUT2D eigenvalue weighted by Gasteiger charge is -2.09. The van der Waals surface area contributed by atoms with Crippen LogP contribution in [0.25, 0.3) is 5.76 Å². The van der Waals surface area contributed by atoms with Crippen molar-refractivity contribution in [1.29, 1.82) is 0 Å². The first-order valence-electron chi connectivity index (χ1n) is 5.03. The minimum atomic E-state index is -1.52. The summed E-state index contributed by atoms with van der Waals surface area (Å²) in [5.41, 5.74) is 1.97. The van der Waals surface area contributed by atoms with Gasteiger partial charge in [0.1, 0.15) is 0 Å². The second-order valence-electron chi connectivity index (χ2n) is 3.69. The first-order chi connectivity index (χ1) is 8.09. The Morgan fingerprint density at radius 1 is 1.29 bits per heavy atom. The number of carboxylic acid groups (broad SMARTS) is 1. The smallest absolute Gasteiger partial charge is 0.376 e. The van der Waals surface area contributed by atoms with E-state index in [1.165, 1.54) is 6.08 Å². The van der Waals surface area contributed by atoms with Gasteiger partial charge in [-0.25, -0.2) is 4.79 Å². The fourth-order valence-electron chi connectivity index (χ4n) is 1.74. The summed E-state index contributed by atoms with van der Waals surface area (Å²) in [6.45, 7) is 0. The van der Waals surface area contributed by atoms with Gasteiger partial charge in [0, 0.05) is 0 Å². The maximum Gasteiger partial charge on any atom is 0.376 e. The molecule has 0 aromatic heterocycles. The minimum Gasteiger partial charge on any atom is -0.872 e. The predicted molar refractivity (Wildman–Crippen MR) is 58.8 cm³/mol. The molecule has 1 aromatic carbocycles. The number of hydrogen-bond donors (Lipinski definition) is 1. The van der Waals surface area contributed by atoms with Gasteiger partial charge in [-0.15, -0.1) is 0 Å². The van der Waals surface area contributed by atoms with Crippen LogP contribution in [0, 0.1) is 0 Å². The number of carbonyl (C=O) groups is 2. The van der Waals surface area contributed by atoms with E-state index in [1.807, 2.05) is 12.1 Å². The van der Waals surface area contributed by atoms with Gasteiger partial charge in [0.2, 0.25) is 0 Å². The summed E-state index contributed by atoms with van der Waals surface area (Å²) in [4.78, 5) is 21.2. The summed E-state index contributed by atoms with van der Waals surface area (Å²) < 4.78 is 0. The quantitative estimate of drug-likeness (QED) is 0.605. The maximum absolute atomic E-state index is 11.8. The van der Waals surface area contributed by atoms with Gasteiger partial charge in [0.05, 0.1) is 0 Å². The minimum absolute atomic E-state index is 0.143. The molecule has 1 aliphatic carbocycles. The van der Waals surface area contributed by atoms with Gasteiger partial charge in [0.15, 0.2) is 0 Å². The highest BCUT2D eigenvalue weighted by atomic mass is 16.4. The highest BCUT2D eigenvalue weighted by Crippen LogP contribution is 2.29. The summed E-state index contributed by atoms with van der Waals surface area (Å²) in [5.74, 6) is -2.69. The van der Waals surface area contributed by atoms with Crippen LogP contribution in [-0.2, 0) is 16.0 Å². The molecule has 0 heterocycles. The highest BCUT2D eigenvalue weighted by Gasteiger charge is 2.13. The summed E-state index contributed by atoms with van der Waals surface area (Å²) in [6.07, 6.45) is 2.65. The Balaban J connectivity index is 2.24. The van der Waals surface area contributed by atoms with Crippen molar-refractivity contribution in [1.82, 2.24) is 0 Å². The molecule has 1 aliphatic rings. The van der Waals surface area contributed by atoms with E-state index in [0.717, 1.165) is 11.6 Å². The third-order valence-corrected chi connectivity index (χ3v) is 2.58. The molecular weight excluding hydrogens is 220 g/mol. The van der Waals surface area contributed by atoms with Gasteiger partial charge in [-0.05, 0) is 23.6 Å². The summed E-state index contributed by atoms with van der Waals surface area (Å²) in [7, 11) is 0. The van der Waals surface area contributed by atoms with Crippen LogP contribution in [0.4, 0.5) is 0 Å². The molecule has 0 spiro atoms. The monoisotopic (exact) mass is 229 g/mol. The molecule has 0 radical (unpaired) electrons. The molecule has 4 heteroatoms. The van der Waals surface area contributed by atoms with Gasteiger partial charge in [0.25, 0.3) is 5.78 Å². The van der Waals surface area contributed by atoms with Crippen molar-refractivity contribution in [2.75, 3.05) is 0 Å². The number of allylic oxidation sites excluding steroid dienone is 2. The lowest BCUT2D eigenvalue weighted by atomic mass is 10.1. The fraction of sp³-hybridized carbons (Fsp3) is 0.0769. The van der Waals surface area contributed by atoms with Crippen LogP contribution in [0.2, 0.25) is 0 Å². The van der Waals surface area contributed by atoms with Crippen molar-refractivity contribution >= 4 is 17.5 Å². The van der Waals surface area contributed by atoms with Crippen molar-refractivity contribution in [2.45, 2.75) is 6.42 Å². The summed E-state index contributed by atoms with van der Waals surface area (Å²) >= 11 is 0. The number of rotatable bonds is 3. The molecule has 0 atom stereocenters. The van der Waals surface area contributed by atoms with E-state index >= 15 is 0 Å². The van der Waals surface area contributed by atoms with E-state index in [-0.39, 0.29) is 5.76 Å². The van der Waals surface area contributed by atoms with Crippen molar-refractivity contribution in [3.63, 3.8) is 0 Å². The lowest BCUT2D eigenvalue weighted by molar-refractivity contribution is -0.244. The van der Waals surface area contributed by atoms with E-state index in [0.29, 0.717) is 17.6 Å². The SMILES string of the molecule is O=C(O)C(=O)C=CC1=C([O-])c2ccccc2C1. The number of carbonyl (C=O) groups excluding carboxylic acids is 1. The second-order valence-corrected chi connectivity index (χ2v) is 3.69. The Morgan fingerprint density at radius 2 is 2.00 bits per heavy atom. The molecule has 0 unspecified atom stereocenters. The summed E-state index contributed by atoms with van der Waals surface area (Å²) in [6, 6.07) is 7.16. The van der Waals surface area contributed by atoms with Gasteiger partial charge in [-0.1, -0.05) is 41.7 Å². The molecule has 2 rings (SSSR count). The average Bonchev–Trinajstić information content (AvgIpc) is 2.64. The fourth-order valence-corrected chi connectivity index (χ4v) is 1.74. The zero-order chi connectivity index (χ0) is 12.4. The number of benzene rings is 1. The molecule has 0 bridgehead atoms. The van der Waals surface area contributed by atoms with E-state index in [4.69, 9.17) is 5.11 Å². The van der Waals surface area contributed by atoms with Crippen LogP contribution in [0.5, 0.6) is 0 Å². The zero-order valence-electron chi connectivity index (χ0n) is 8.84. The molecule has 0 aliphatic heterocycles. The Morgan fingerprint density at radius 3 is 2.65 bits per heavy atom. The van der Waals surface area contributed by atoms with Crippen molar-refractivity contribution in [3.8, 4) is 0 Å². The molecule has 0 saturated carbocycles. The highest BCUT2D eigenvalue weighted by molar-refractivity contribution is 6.37.